The van der Waals surface area contributed by atoms with Gasteiger partial charge in [0.15, 0.2) is 0 Å². The molecular formula is C27H29ClFN5O5. The molecule has 3 rings (SSSR count). The molecule has 39 heavy (non-hydrogen) atoms. The summed E-state index contributed by atoms with van der Waals surface area (Å²) in [7, 11) is 1.63. The Hall–Kier alpha value is -4.51. The van der Waals surface area contributed by atoms with Crippen LogP contribution in [0.5, 0.6) is 11.6 Å². The molecule has 0 unspecified atom stereocenters. The van der Waals surface area contributed by atoms with Crippen molar-refractivity contribution in [3.8, 4) is 11.6 Å². The molecule has 0 fully saturated rings. The van der Waals surface area contributed by atoms with Crippen molar-refractivity contribution < 1.29 is 28.2 Å². The normalized spacial score (nSPS) is 10.4. The zero-order chi connectivity index (χ0) is 28.6. The maximum absolute atomic E-state index is 13.0. The Labute approximate surface area is 231 Å². The summed E-state index contributed by atoms with van der Waals surface area (Å²) in [6.07, 6.45) is 1.66. The number of nitrogens with zero attached hydrogens (tertiary/aromatic N) is 4. The molecule has 2 aromatic carbocycles. The molecule has 0 bridgehead atoms. The van der Waals surface area contributed by atoms with Gasteiger partial charge in [0.25, 0.3) is 6.47 Å². The Kier molecular flexibility index (Phi) is 12.9. The topological polar surface area (TPSA) is 113 Å². The number of halogens is 2. The largest absolute Gasteiger partial charge is 0.468 e. The van der Waals surface area contributed by atoms with E-state index < -0.39 is 11.8 Å². The lowest BCUT2D eigenvalue weighted by atomic mass is 10.2. The van der Waals surface area contributed by atoms with E-state index in [2.05, 4.69) is 20.0 Å². The van der Waals surface area contributed by atoms with Gasteiger partial charge in [-0.05, 0) is 61.9 Å². The van der Waals surface area contributed by atoms with Crippen molar-refractivity contribution in [2.75, 3.05) is 20.2 Å². The minimum absolute atomic E-state index is 0.0594. The van der Waals surface area contributed by atoms with Gasteiger partial charge in [0.05, 0.1) is 25.0 Å². The number of benzene rings is 2. The number of urea groups is 1. The number of carbonyl (C=O) groups is 3. The molecule has 12 heteroatoms. The SMILES string of the molecule is CCN(C)C(=O)NC(=Nc1ccc(Oc2ccc(F)cn2)cc1)N(C=O)Cc1ccc(Cl)cc1.CCOC=O. The summed E-state index contributed by atoms with van der Waals surface area (Å²) in [5.41, 5.74) is 1.27. The first-order valence-electron chi connectivity index (χ1n) is 11.8. The van der Waals surface area contributed by atoms with Gasteiger partial charge in [-0.15, -0.1) is 0 Å². The quantitative estimate of drug-likeness (QED) is 0.221. The molecule has 1 aromatic heterocycles. The van der Waals surface area contributed by atoms with Crippen LogP contribution in [-0.4, -0.2) is 59.9 Å². The van der Waals surface area contributed by atoms with Gasteiger partial charge in [-0.25, -0.2) is 19.2 Å². The van der Waals surface area contributed by atoms with E-state index in [4.69, 9.17) is 16.3 Å². The van der Waals surface area contributed by atoms with Gasteiger partial charge >= 0.3 is 6.03 Å². The van der Waals surface area contributed by atoms with E-state index in [9.17, 15) is 18.8 Å². The first-order valence-corrected chi connectivity index (χ1v) is 12.2. The first-order chi connectivity index (χ1) is 18.8. The van der Waals surface area contributed by atoms with E-state index in [1.54, 1.807) is 62.5 Å². The number of carbonyl (C=O) groups excluding carboxylic acids is 3. The zero-order valence-electron chi connectivity index (χ0n) is 21.7. The van der Waals surface area contributed by atoms with Crippen LogP contribution in [0.1, 0.15) is 19.4 Å². The molecule has 10 nitrogen and oxygen atoms in total. The fraction of sp³-hybridized carbons (Fsp3) is 0.222. The Balaban J connectivity index is 0.000000976. The van der Waals surface area contributed by atoms with Crippen LogP contribution in [0.4, 0.5) is 14.9 Å². The second kappa shape index (κ2) is 16.4. The van der Waals surface area contributed by atoms with Gasteiger partial charge in [-0.2, -0.15) is 0 Å². The predicted octanol–water partition coefficient (Wildman–Crippen LogP) is 5.15. The molecule has 1 N–H and O–H groups in total. The Morgan fingerprint density at radius 1 is 1.08 bits per heavy atom. The molecular weight excluding hydrogens is 529 g/mol. The van der Waals surface area contributed by atoms with Crippen LogP contribution in [0.3, 0.4) is 0 Å². The van der Waals surface area contributed by atoms with Crippen LogP contribution in [-0.2, 0) is 20.9 Å². The minimum Gasteiger partial charge on any atom is -0.468 e. The highest BCUT2D eigenvalue weighted by Crippen LogP contribution is 2.23. The number of amides is 3. The van der Waals surface area contributed by atoms with Gasteiger partial charge in [-0.1, -0.05) is 23.7 Å². The first kappa shape index (κ1) is 30.7. The summed E-state index contributed by atoms with van der Waals surface area (Å²) in [5.74, 6) is 0.300. The number of hydrogen-bond donors (Lipinski definition) is 1. The third-order valence-corrected chi connectivity index (χ3v) is 5.19. The van der Waals surface area contributed by atoms with E-state index >= 15 is 0 Å². The molecule has 0 aliphatic heterocycles. The van der Waals surface area contributed by atoms with Crippen LogP contribution < -0.4 is 10.1 Å². The molecule has 3 aromatic rings. The number of pyridine rings is 1. The van der Waals surface area contributed by atoms with Crippen LogP contribution >= 0.6 is 11.6 Å². The van der Waals surface area contributed by atoms with E-state index in [0.29, 0.717) is 42.5 Å². The maximum atomic E-state index is 13.0. The van der Waals surface area contributed by atoms with Gasteiger partial charge in [0, 0.05) is 24.7 Å². The number of ether oxygens (including phenoxy) is 2. The highest BCUT2D eigenvalue weighted by molar-refractivity contribution is 6.30. The van der Waals surface area contributed by atoms with Crippen molar-refractivity contribution in [1.82, 2.24) is 20.1 Å². The molecule has 3 amide bonds. The number of rotatable bonds is 9. The average Bonchev–Trinajstić information content (AvgIpc) is 2.95. The lowest BCUT2D eigenvalue weighted by Crippen LogP contribution is -2.47. The highest BCUT2D eigenvalue weighted by atomic mass is 35.5. The fourth-order valence-corrected chi connectivity index (χ4v) is 2.90. The highest BCUT2D eigenvalue weighted by Gasteiger charge is 2.17. The van der Waals surface area contributed by atoms with Gasteiger partial charge in [0.1, 0.15) is 11.6 Å². The van der Waals surface area contributed by atoms with Gasteiger partial charge < -0.3 is 14.4 Å². The van der Waals surface area contributed by atoms with Crippen LogP contribution in [0.2, 0.25) is 5.02 Å². The third kappa shape index (κ3) is 10.8. The van der Waals surface area contributed by atoms with Crippen molar-refractivity contribution in [3.05, 3.63) is 83.3 Å². The number of aromatic nitrogens is 1. The second-order valence-electron chi connectivity index (χ2n) is 7.70. The molecule has 0 saturated carbocycles. The summed E-state index contributed by atoms with van der Waals surface area (Å²) >= 11 is 5.94. The number of guanidine groups is 1. The Bertz CT molecular complexity index is 1220. The third-order valence-electron chi connectivity index (χ3n) is 4.93. The fourth-order valence-electron chi connectivity index (χ4n) is 2.77. The monoisotopic (exact) mass is 557 g/mol. The molecule has 0 aliphatic carbocycles. The van der Waals surface area contributed by atoms with E-state index in [0.717, 1.165) is 11.8 Å². The van der Waals surface area contributed by atoms with Gasteiger partial charge in [-0.3, -0.25) is 19.8 Å². The number of hydrogen-bond acceptors (Lipinski definition) is 7. The number of nitrogens with one attached hydrogen (secondary N) is 1. The lowest BCUT2D eigenvalue weighted by Gasteiger charge is -2.23. The summed E-state index contributed by atoms with van der Waals surface area (Å²) < 4.78 is 22.7. The van der Waals surface area contributed by atoms with Crippen molar-refractivity contribution in [3.63, 3.8) is 0 Å². The van der Waals surface area contributed by atoms with Crippen LogP contribution in [0, 0.1) is 5.82 Å². The molecule has 0 spiro atoms. The summed E-state index contributed by atoms with van der Waals surface area (Å²) in [4.78, 5) is 44.6. The standard InChI is InChI=1S/C24H23ClFN5O3.C3H6O2/c1-3-30(2)24(33)29-23(31(16-32)15-17-4-6-18(25)7-5-17)28-20-9-11-21(12-10-20)34-22-13-8-19(26)14-27-22;1-2-5-3-4/h4-14,16H,3,15H2,1-2H3,(H,28,29,33);3H,2H2,1H3. The molecule has 0 aliphatic rings. The van der Waals surface area contributed by atoms with E-state index in [1.807, 2.05) is 6.92 Å². The van der Waals surface area contributed by atoms with Crippen molar-refractivity contribution >= 4 is 42.2 Å². The van der Waals surface area contributed by atoms with Crippen molar-refractivity contribution in [2.45, 2.75) is 20.4 Å². The molecule has 206 valence electrons. The predicted molar refractivity (Wildman–Crippen MR) is 145 cm³/mol. The van der Waals surface area contributed by atoms with Crippen molar-refractivity contribution in [1.29, 1.82) is 0 Å². The molecule has 0 atom stereocenters. The minimum atomic E-state index is -0.460. The molecule has 1 heterocycles. The number of aliphatic imine (C=N–C) groups is 1. The lowest BCUT2D eigenvalue weighted by molar-refractivity contribution is -0.128. The van der Waals surface area contributed by atoms with Crippen LogP contribution in [0.25, 0.3) is 0 Å². The smallest absolute Gasteiger partial charge is 0.323 e. The van der Waals surface area contributed by atoms with E-state index in [-0.39, 0.29) is 18.4 Å². The molecule has 0 saturated heterocycles. The van der Waals surface area contributed by atoms with E-state index in [1.165, 1.54) is 21.9 Å². The second-order valence-corrected chi connectivity index (χ2v) is 8.14. The maximum Gasteiger partial charge on any atom is 0.323 e. The molecule has 0 radical (unpaired) electrons. The Morgan fingerprint density at radius 2 is 1.77 bits per heavy atom. The summed E-state index contributed by atoms with van der Waals surface area (Å²) in [6.45, 7) is 5.14. The van der Waals surface area contributed by atoms with Gasteiger partial charge in [0.2, 0.25) is 18.2 Å². The Morgan fingerprint density at radius 3 is 2.28 bits per heavy atom. The summed E-state index contributed by atoms with van der Waals surface area (Å²) in [6, 6.07) is 15.8. The van der Waals surface area contributed by atoms with Crippen molar-refractivity contribution in [2.24, 2.45) is 4.99 Å². The average molecular weight is 558 g/mol. The van der Waals surface area contributed by atoms with Crippen LogP contribution in [0.15, 0.2) is 71.9 Å². The summed E-state index contributed by atoms with van der Waals surface area (Å²) in [5, 5.41) is 3.26. The zero-order valence-corrected chi connectivity index (χ0v) is 22.5.